The summed E-state index contributed by atoms with van der Waals surface area (Å²) in [6.07, 6.45) is 1.16. The number of rotatable bonds is 5. The highest BCUT2D eigenvalue weighted by Gasteiger charge is 2.27. The van der Waals surface area contributed by atoms with Gasteiger partial charge in [0.25, 0.3) is 0 Å². The van der Waals surface area contributed by atoms with Crippen LogP contribution in [0, 0.1) is 0 Å². The van der Waals surface area contributed by atoms with Gasteiger partial charge in [0.15, 0.2) is 0 Å². The molecule has 14 heavy (non-hydrogen) atoms. The van der Waals surface area contributed by atoms with E-state index in [9.17, 15) is 9.59 Å². The lowest BCUT2D eigenvalue weighted by Crippen LogP contribution is -2.24. The maximum Gasteiger partial charge on any atom is 0.247 e. The average Bonchev–Trinajstić information content (AvgIpc) is 2.81. The summed E-state index contributed by atoms with van der Waals surface area (Å²) in [6, 6.07) is 0. The third-order valence-electron chi connectivity index (χ3n) is 2.14. The van der Waals surface area contributed by atoms with Crippen molar-refractivity contribution in [2.45, 2.75) is 26.7 Å². The second-order valence-corrected chi connectivity index (χ2v) is 3.62. The molecule has 1 aliphatic rings. The van der Waals surface area contributed by atoms with Gasteiger partial charge >= 0.3 is 0 Å². The highest BCUT2D eigenvalue weighted by Crippen LogP contribution is 2.35. The number of allylic oxidation sites excluding steroid dienone is 2. The van der Waals surface area contributed by atoms with E-state index >= 15 is 0 Å². The summed E-state index contributed by atoms with van der Waals surface area (Å²) < 4.78 is 0. The number of nitrogens with one attached hydrogen (secondary N) is 1. The molecule has 0 fully saturated rings. The van der Waals surface area contributed by atoms with E-state index in [4.69, 9.17) is 0 Å². The Kier molecular flexibility index (Phi) is 3.23. The molecule has 3 heteroatoms. The summed E-state index contributed by atoms with van der Waals surface area (Å²) in [5.41, 5.74) is 2.84. The number of hydrogen-bond donors (Lipinski definition) is 1. The SMILES string of the molecule is C=C(C)C1=C(C(=O)NCCC(C)=O)C1. The van der Waals surface area contributed by atoms with Gasteiger partial charge in [-0.3, -0.25) is 9.59 Å². The van der Waals surface area contributed by atoms with E-state index < -0.39 is 0 Å². The maximum absolute atomic E-state index is 11.4. The number of Topliss-reactive ketones (excluding diaryl/α,β-unsaturated/α-hetero) is 1. The molecular formula is C11H15NO2. The molecule has 0 spiro atoms. The Morgan fingerprint density at radius 1 is 1.36 bits per heavy atom. The van der Waals surface area contributed by atoms with Crippen LogP contribution in [0.25, 0.3) is 0 Å². The summed E-state index contributed by atoms with van der Waals surface area (Å²) in [5.74, 6) is 0.0412. The Hall–Kier alpha value is -1.38. The summed E-state index contributed by atoms with van der Waals surface area (Å²) in [6.45, 7) is 7.61. The molecular weight excluding hydrogens is 178 g/mol. The van der Waals surface area contributed by atoms with Gasteiger partial charge in [-0.05, 0) is 19.4 Å². The molecule has 0 heterocycles. The molecule has 76 valence electrons. The molecule has 1 N–H and O–H groups in total. The van der Waals surface area contributed by atoms with Crippen molar-refractivity contribution in [3.8, 4) is 0 Å². The quantitative estimate of drug-likeness (QED) is 0.716. The minimum atomic E-state index is -0.0516. The number of ketones is 1. The van der Waals surface area contributed by atoms with Crippen molar-refractivity contribution < 1.29 is 9.59 Å². The van der Waals surface area contributed by atoms with Crippen LogP contribution in [0.15, 0.2) is 23.3 Å². The minimum Gasteiger partial charge on any atom is -0.352 e. The molecule has 1 amide bonds. The fraction of sp³-hybridized carbons (Fsp3) is 0.455. The van der Waals surface area contributed by atoms with Gasteiger partial charge < -0.3 is 5.32 Å². The lowest BCUT2D eigenvalue weighted by atomic mass is 10.3. The van der Waals surface area contributed by atoms with Crippen molar-refractivity contribution >= 4 is 11.7 Å². The normalized spacial score (nSPS) is 13.9. The Bertz CT molecular complexity index is 326. The van der Waals surface area contributed by atoms with Crippen LogP contribution in [0.1, 0.15) is 26.7 Å². The van der Waals surface area contributed by atoms with Crippen molar-refractivity contribution in [2.75, 3.05) is 6.54 Å². The molecule has 0 aromatic rings. The Balaban J connectivity index is 2.31. The standard InChI is InChI=1S/C11H15NO2/c1-7(2)9-6-10(9)11(14)12-5-4-8(3)13/h1,4-6H2,2-3H3,(H,12,14). The molecule has 0 bridgehead atoms. The van der Waals surface area contributed by atoms with E-state index in [1.807, 2.05) is 6.92 Å². The van der Waals surface area contributed by atoms with E-state index in [1.54, 1.807) is 0 Å². The second kappa shape index (κ2) is 4.22. The third kappa shape index (κ3) is 2.83. The molecule has 1 aliphatic carbocycles. The van der Waals surface area contributed by atoms with E-state index in [-0.39, 0.29) is 11.7 Å². The third-order valence-corrected chi connectivity index (χ3v) is 2.14. The fourth-order valence-corrected chi connectivity index (χ4v) is 1.22. The van der Waals surface area contributed by atoms with Crippen LogP contribution in [-0.2, 0) is 9.59 Å². The average molecular weight is 193 g/mol. The van der Waals surface area contributed by atoms with Gasteiger partial charge in [-0.1, -0.05) is 12.2 Å². The van der Waals surface area contributed by atoms with Gasteiger partial charge in [-0.2, -0.15) is 0 Å². The predicted molar refractivity (Wildman–Crippen MR) is 54.8 cm³/mol. The zero-order valence-electron chi connectivity index (χ0n) is 8.64. The van der Waals surface area contributed by atoms with Gasteiger partial charge in [-0.25, -0.2) is 0 Å². The first-order valence-corrected chi connectivity index (χ1v) is 4.68. The van der Waals surface area contributed by atoms with E-state index in [0.717, 1.165) is 23.1 Å². The first-order valence-electron chi connectivity index (χ1n) is 4.68. The van der Waals surface area contributed by atoms with E-state index in [2.05, 4.69) is 11.9 Å². The van der Waals surface area contributed by atoms with E-state index in [0.29, 0.717) is 13.0 Å². The zero-order valence-corrected chi connectivity index (χ0v) is 8.64. The molecule has 0 saturated carbocycles. The summed E-state index contributed by atoms with van der Waals surface area (Å²) >= 11 is 0. The minimum absolute atomic E-state index is 0.0516. The van der Waals surface area contributed by atoms with Crippen LogP contribution >= 0.6 is 0 Å². The van der Waals surface area contributed by atoms with Gasteiger partial charge in [0, 0.05) is 25.0 Å². The first kappa shape index (κ1) is 10.7. The predicted octanol–water partition coefficient (Wildman–Crippen LogP) is 1.36. The number of amides is 1. The number of hydrogen-bond acceptors (Lipinski definition) is 2. The molecule has 0 atom stereocenters. The highest BCUT2D eigenvalue weighted by molar-refractivity contribution is 6.00. The van der Waals surface area contributed by atoms with Crippen molar-refractivity contribution in [1.29, 1.82) is 0 Å². The largest absolute Gasteiger partial charge is 0.352 e. The van der Waals surface area contributed by atoms with Crippen molar-refractivity contribution in [3.05, 3.63) is 23.3 Å². The molecule has 0 aromatic heterocycles. The van der Waals surface area contributed by atoms with Gasteiger partial charge in [0.1, 0.15) is 5.78 Å². The highest BCUT2D eigenvalue weighted by atomic mass is 16.2. The van der Waals surface area contributed by atoms with E-state index in [1.165, 1.54) is 6.92 Å². The van der Waals surface area contributed by atoms with Crippen LogP contribution in [0.5, 0.6) is 0 Å². The zero-order chi connectivity index (χ0) is 10.7. The monoisotopic (exact) mass is 193 g/mol. The molecule has 0 radical (unpaired) electrons. The Morgan fingerprint density at radius 2 is 2.00 bits per heavy atom. The smallest absolute Gasteiger partial charge is 0.247 e. The maximum atomic E-state index is 11.4. The summed E-state index contributed by atoms with van der Waals surface area (Å²) in [5, 5.41) is 2.70. The Morgan fingerprint density at radius 3 is 2.43 bits per heavy atom. The van der Waals surface area contributed by atoms with Gasteiger partial charge in [0.05, 0.1) is 0 Å². The fourth-order valence-electron chi connectivity index (χ4n) is 1.22. The topological polar surface area (TPSA) is 46.2 Å². The molecule has 1 rings (SSSR count). The molecule has 0 aliphatic heterocycles. The van der Waals surface area contributed by atoms with Crippen molar-refractivity contribution in [1.82, 2.24) is 5.32 Å². The van der Waals surface area contributed by atoms with Crippen LogP contribution < -0.4 is 5.32 Å². The number of carbonyl (C=O) groups is 2. The van der Waals surface area contributed by atoms with Gasteiger partial charge in [-0.15, -0.1) is 0 Å². The Labute approximate surface area is 83.9 Å². The lowest BCUT2D eigenvalue weighted by molar-refractivity contribution is -0.118. The molecule has 0 saturated heterocycles. The molecule has 3 nitrogen and oxygen atoms in total. The molecule has 0 aromatic carbocycles. The van der Waals surface area contributed by atoms with Crippen molar-refractivity contribution in [3.63, 3.8) is 0 Å². The van der Waals surface area contributed by atoms with Crippen LogP contribution in [-0.4, -0.2) is 18.2 Å². The van der Waals surface area contributed by atoms with Crippen molar-refractivity contribution in [2.24, 2.45) is 0 Å². The van der Waals surface area contributed by atoms with Crippen LogP contribution in [0.2, 0.25) is 0 Å². The second-order valence-electron chi connectivity index (χ2n) is 3.62. The summed E-state index contributed by atoms with van der Waals surface area (Å²) in [4.78, 5) is 22.0. The summed E-state index contributed by atoms with van der Waals surface area (Å²) in [7, 11) is 0. The first-order chi connectivity index (χ1) is 6.52. The van der Waals surface area contributed by atoms with Gasteiger partial charge in [0.2, 0.25) is 5.91 Å². The number of carbonyl (C=O) groups excluding carboxylic acids is 2. The lowest BCUT2D eigenvalue weighted by Gasteiger charge is -1.98. The molecule has 0 unspecified atom stereocenters. The van der Waals surface area contributed by atoms with Crippen LogP contribution in [0.4, 0.5) is 0 Å². The van der Waals surface area contributed by atoms with Crippen LogP contribution in [0.3, 0.4) is 0 Å².